The van der Waals surface area contributed by atoms with Crippen molar-refractivity contribution < 1.29 is 31.8 Å². The molecule has 15 aromatic rings. The van der Waals surface area contributed by atoms with Gasteiger partial charge in [0.15, 0.2) is 17.5 Å². The predicted molar refractivity (Wildman–Crippen MR) is 485 cm³/mol. The molecule has 6 aliphatic rings. The van der Waals surface area contributed by atoms with E-state index >= 15 is 13.2 Å². The Morgan fingerprint density at radius 2 is 0.744 bits per heavy atom. The van der Waals surface area contributed by atoms with Crippen LogP contribution in [0.3, 0.4) is 0 Å². The zero-order valence-corrected chi connectivity index (χ0v) is 71.9. The molecule has 3 unspecified atom stereocenters. The van der Waals surface area contributed by atoms with Gasteiger partial charge in [-0.2, -0.15) is 0 Å². The highest BCUT2D eigenvalue weighted by Gasteiger charge is 2.38. The standard InChI is InChI=1S/2C32H33FN8O.C31H32FN7O2/c1-19(2)41-21(4)36-30-20(3)13-22(14-28(30)41)31-26(33)16-35-32(38-31)37-23-5-6-27-29(15-23)42-18-25-17-39(11-12-40(25)27)24-7-9-34-10-8-24;1-19(2)41-21(4)36-30-20(3)12-22(13-28(30)41)31-26(33)16-35-32(38-31)37-23-7-8-27-29(14-23)42-18-25-17-39(10-11-40(25)27)24-6-5-9-34-15-24;1-18(2)39-20(4)34-29-19(3)11-21(12-27(29)39)30-25(32)14-33-31(36-30)35-22-5-6-26-28(13-22)41-17-24-15-37(8-9-38(24)26)23-7-10-40-16-23/h5-10,13-16,19,25H,11-12,17-18H2,1-4H3,(H,35,37,38);5-9,12-16,19,25H,10-11,17-18H2,1-4H3,(H,35,37,38);5-7,10-14,16,18,24H,8-9,15,17H2,1-4H3,(H,33,35,36). The maximum absolute atomic E-state index is 15.1. The number of aromatic nitrogens is 14. The van der Waals surface area contributed by atoms with Gasteiger partial charge in [-0.05, 0) is 203 Å². The molecule has 0 spiro atoms. The van der Waals surface area contributed by atoms with Crippen molar-refractivity contribution in [3.8, 4) is 51.0 Å². The molecule has 6 aliphatic heterocycles. The zero-order valence-electron chi connectivity index (χ0n) is 71.9. The number of anilines is 12. The number of aryl methyl sites for hydroxylation is 6. The predicted octanol–water partition coefficient (Wildman–Crippen LogP) is 18.4. The topological polar surface area (TPSA) is 253 Å². The van der Waals surface area contributed by atoms with E-state index in [2.05, 4.69) is 177 Å². The summed E-state index contributed by atoms with van der Waals surface area (Å²) in [5.74, 6) is 4.75. The van der Waals surface area contributed by atoms with E-state index in [9.17, 15) is 0 Å². The highest BCUT2D eigenvalue weighted by atomic mass is 19.1. The second-order valence-electron chi connectivity index (χ2n) is 33.7. The minimum absolute atomic E-state index is 0.226. The Hall–Kier alpha value is -14.1. The first-order valence-corrected chi connectivity index (χ1v) is 42.6. The van der Waals surface area contributed by atoms with Gasteiger partial charge < -0.3 is 77.7 Å². The van der Waals surface area contributed by atoms with E-state index in [1.54, 1.807) is 18.7 Å². The second kappa shape index (κ2) is 33.3. The molecule has 0 amide bonds. The molecule has 15 heterocycles. The molecule has 21 rings (SSSR count). The van der Waals surface area contributed by atoms with E-state index in [-0.39, 0.29) is 53.3 Å². The first-order chi connectivity index (χ1) is 60.6. The molecular weight excluding hydrogens is 1580 g/mol. The van der Waals surface area contributed by atoms with Gasteiger partial charge in [0, 0.05) is 153 Å². The third-order valence-corrected chi connectivity index (χ3v) is 24.3. The number of piperazine rings is 3. The number of fused-ring (bicyclic) bond motifs is 12. The largest absolute Gasteiger partial charge is 0.489 e. The number of hydrogen-bond acceptors (Lipinski definition) is 24. The number of benzene rings is 6. The second-order valence-corrected chi connectivity index (χ2v) is 33.7. The summed E-state index contributed by atoms with van der Waals surface area (Å²) in [6.45, 7) is 34.6. The molecule has 0 saturated carbocycles. The first-order valence-electron chi connectivity index (χ1n) is 42.6. The lowest BCUT2D eigenvalue weighted by Gasteiger charge is -2.46. The number of nitrogens with one attached hydrogen (secondary N) is 3. The van der Waals surface area contributed by atoms with Crippen molar-refractivity contribution >= 4 is 102 Å². The van der Waals surface area contributed by atoms with Gasteiger partial charge >= 0.3 is 0 Å². The molecule has 30 heteroatoms. The minimum atomic E-state index is -0.476. The van der Waals surface area contributed by atoms with Gasteiger partial charge in [0.05, 0.1) is 111 Å². The van der Waals surface area contributed by atoms with Crippen molar-refractivity contribution in [2.45, 2.75) is 119 Å². The Labute approximate surface area is 722 Å². The average molecular weight is 1680 g/mol. The fourth-order valence-electron chi connectivity index (χ4n) is 18.7. The van der Waals surface area contributed by atoms with Gasteiger partial charge in [0.1, 0.15) is 77.9 Å². The Kier molecular flexibility index (Phi) is 21.5. The Morgan fingerprint density at radius 3 is 1.09 bits per heavy atom. The lowest BCUT2D eigenvalue weighted by molar-refractivity contribution is 0.255. The summed E-state index contributed by atoms with van der Waals surface area (Å²) in [6.07, 6.45) is 14.5. The van der Waals surface area contributed by atoms with Crippen LogP contribution in [0.15, 0.2) is 182 Å². The quantitative estimate of drug-likeness (QED) is 0.0862. The molecule has 3 atom stereocenters. The summed E-state index contributed by atoms with van der Waals surface area (Å²) >= 11 is 0. The van der Waals surface area contributed by atoms with E-state index < -0.39 is 17.5 Å². The highest BCUT2D eigenvalue weighted by Crippen LogP contribution is 2.44. The monoisotopic (exact) mass is 1680 g/mol. The van der Waals surface area contributed by atoms with E-state index in [1.807, 2.05) is 145 Å². The van der Waals surface area contributed by atoms with Crippen LogP contribution in [0.5, 0.6) is 17.2 Å². The number of hydrogen-bond donors (Lipinski definition) is 3. The van der Waals surface area contributed by atoms with Crippen LogP contribution in [-0.2, 0) is 0 Å². The molecule has 3 N–H and O–H groups in total. The van der Waals surface area contributed by atoms with Crippen LogP contribution in [0.2, 0.25) is 0 Å². The molecule has 125 heavy (non-hydrogen) atoms. The van der Waals surface area contributed by atoms with Crippen molar-refractivity contribution in [3.63, 3.8) is 0 Å². The number of rotatable bonds is 15. The fraction of sp³-hybridized carbons (Fsp3) is 0.316. The molecule has 0 aliphatic carbocycles. The van der Waals surface area contributed by atoms with Gasteiger partial charge in [-0.25, -0.2) is 58.0 Å². The summed E-state index contributed by atoms with van der Waals surface area (Å²) < 4.78 is 75.7. The number of furan rings is 1. The number of halogens is 3. The van der Waals surface area contributed by atoms with Gasteiger partial charge in [0.2, 0.25) is 17.8 Å². The Bertz CT molecular complexity index is 6300. The van der Waals surface area contributed by atoms with Gasteiger partial charge in [-0.1, -0.05) is 0 Å². The summed E-state index contributed by atoms with van der Waals surface area (Å²) in [4.78, 5) is 63.4. The van der Waals surface area contributed by atoms with Crippen molar-refractivity contribution in [3.05, 3.63) is 229 Å². The molecule has 9 aromatic heterocycles. The number of nitrogens with zero attached hydrogens (tertiary/aromatic N) is 20. The number of imidazole rings is 3. The van der Waals surface area contributed by atoms with Crippen molar-refractivity contribution in [1.29, 1.82) is 0 Å². The summed E-state index contributed by atoms with van der Waals surface area (Å²) in [6, 6.07) is 41.4. The van der Waals surface area contributed by atoms with Crippen LogP contribution in [0.25, 0.3) is 66.9 Å². The summed E-state index contributed by atoms with van der Waals surface area (Å²) in [7, 11) is 0. The van der Waals surface area contributed by atoms with Crippen LogP contribution >= 0.6 is 0 Å². The maximum Gasteiger partial charge on any atom is 0.227 e. The first kappa shape index (κ1) is 80.7. The smallest absolute Gasteiger partial charge is 0.227 e. The normalized spacial score (nSPS) is 16.4. The SMILES string of the molecule is Cc1cc(-c2nc(Nc3ccc4c(c3)OCC3CN(c5cccnc5)CCN43)ncc2F)cc2c1nc(C)n2C(C)C.Cc1cc(-c2nc(Nc3ccc4c(c3)OCC3CN(c5ccncc5)CCN43)ncc2F)cc2c1nc(C)n2C(C)C.Cc1cc(-c2nc(Nc3ccc4c(c3)OCC3CN(c5ccoc5)CCN43)ncc2F)cc2c1nc(C)n2C(C)C. The molecule has 638 valence electrons. The Balaban J connectivity index is 0.000000123. The van der Waals surface area contributed by atoms with E-state index in [4.69, 9.17) is 33.6 Å². The third-order valence-electron chi connectivity index (χ3n) is 24.3. The van der Waals surface area contributed by atoms with Gasteiger partial charge in [0.25, 0.3) is 0 Å². The third kappa shape index (κ3) is 15.8. The molecule has 0 radical (unpaired) electrons. The van der Waals surface area contributed by atoms with Crippen molar-refractivity contribution in [2.75, 3.05) is 124 Å². The van der Waals surface area contributed by atoms with Crippen molar-refractivity contribution in [1.82, 2.24) is 68.5 Å². The summed E-state index contributed by atoms with van der Waals surface area (Å²) in [5, 5.41) is 9.77. The van der Waals surface area contributed by atoms with Gasteiger partial charge in [-0.15, -0.1) is 0 Å². The zero-order chi connectivity index (χ0) is 86.2. The van der Waals surface area contributed by atoms with Crippen LogP contribution < -0.4 is 59.6 Å². The maximum atomic E-state index is 15.1. The van der Waals surface area contributed by atoms with Crippen LogP contribution in [0.4, 0.5) is 82.2 Å². The number of ether oxygens (including phenoxy) is 3. The Morgan fingerprint density at radius 1 is 0.376 bits per heavy atom. The molecular formula is C95H98F3N23O4. The lowest BCUT2D eigenvalue weighted by Crippen LogP contribution is -2.57. The molecule has 3 saturated heterocycles. The minimum Gasteiger partial charge on any atom is -0.489 e. The molecule has 3 fully saturated rings. The average Bonchev–Trinajstić information content (AvgIpc) is 1.77. The van der Waals surface area contributed by atoms with Crippen LogP contribution in [0.1, 0.15) is 93.8 Å². The summed E-state index contributed by atoms with van der Waals surface area (Å²) in [5.41, 5.74) is 20.4. The van der Waals surface area contributed by atoms with E-state index in [0.717, 1.165) is 189 Å². The van der Waals surface area contributed by atoms with E-state index in [0.29, 0.717) is 54.4 Å². The van der Waals surface area contributed by atoms with Crippen LogP contribution in [-0.4, -0.2) is 165 Å². The number of pyridine rings is 2. The molecule has 0 bridgehead atoms. The lowest BCUT2D eigenvalue weighted by atomic mass is 10.1. The highest BCUT2D eigenvalue weighted by molar-refractivity contribution is 5.89. The van der Waals surface area contributed by atoms with Crippen molar-refractivity contribution in [2.24, 2.45) is 0 Å². The van der Waals surface area contributed by atoms with Crippen LogP contribution in [0, 0.1) is 59.0 Å². The molecule has 27 nitrogen and oxygen atoms in total. The van der Waals surface area contributed by atoms with Gasteiger partial charge in [-0.3, -0.25) is 9.97 Å². The van der Waals surface area contributed by atoms with E-state index in [1.165, 1.54) is 24.3 Å². The fourth-order valence-corrected chi connectivity index (χ4v) is 18.7. The molecule has 6 aromatic carbocycles.